The SMILES string of the molecule is C=c1ccc(C(=O)NCC2COCCO2)c(CC)/c1=C/N(C)CC(CC)CCC(=O)c1ccc(Oc2ccc(F)cc2)cc1. The predicted octanol–water partition coefficient (Wildman–Crippen LogP) is 5.10. The van der Waals surface area contributed by atoms with Crippen molar-refractivity contribution in [2.24, 2.45) is 5.92 Å². The van der Waals surface area contributed by atoms with Crippen LogP contribution in [0.4, 0.5) is 4.39 Å². The van der Waals surface area contributed by atoms with E-state index < -0.39 is 0 Å². The van der Waals surface area contributed by atoms with Crippen LogP contribution < -0.4 is 20.5 Å². The molecule has 1 amide bonds. The summed E-state index contributed by atoms with van der Waals surface area (Å²) in [6, 6.07) is 16.6. The third-order valence-corrected chi connectivity index (χ3v) is 7.90. The number of carbonyl (C=O) groups excluding carboxylic acids is 2. The number of Topliss-reactive ketones (excluding diaryl/α,β-unsaturated/α-hetero) is 1. The van der Waals surface area contributed by atoms with E-state index in [1.54, 1.807) is 36.4 Å². The lowest BCUT2D eigenvalue weighted by Crippen LogP contribution is -2.41. The Labute approximate surface area is 259 Å². The average molecular weight is 603 g/mol. The van der Waals surface area contributed by atoms with Gasteiger partial charge in [-0.2, -0.15) is 0 Å². The molecule has 1 fully saturated rings. The average Bonchev–Trinajstić information content (AvgIpc) is 3.04. The van der Waals surface area contributed by atoms with E-state index in [1.807, 2.05) is 26.1 Å². The van der Waals surface area contributed by atoms with Gasteiger partial charge >= 0.3 is 0 Å². The summed E-state index contributed by atoms with van der Waals surface area (Å²) in [6.07, 6.45) is 4.75. The smallest absolute Gasteiger partial charge is 0.251 e. The summed E-state index contributed by atoms with van der Waals surface area (Å²) in [4.78, 5) is 28.2. The Morgan fingerprint density at radius 1 is 1.07 bits per heavy atom. The van der Waals surface area contributed by atoms with E-state index in [0.29, 0.717) is 67.8 Å². The number of halogens is 1. The van der Waals surface area contributed by atoms with E-state index >= 15 is 0 Å². The molecule has 1 aliphatic rings. The second kappa shape index (κ2) is 16.2. The van der Waals surface area contributed by atoms with E-state index in [1.165, 1.54) is 12.1 Å². The Morgan fingerprint density at radius 3 is 2.41 bits per heavy atom. The molecule has 3 aromatic rings. The lowest BCUT2D eigenvalue weighted by molar-refractivity contribution is -0.0855. The molecule has 0 saturated carbocycles. The highest BCUT2D eigenvalue weighted by molar-refractivity contribution is 5.96. The van der Waals surface area contributed by atoms with Crippen molar-refractivity contribution >= 4 is 24.5 Å². The summed E-state index contributed by atoms with van der Waals surface area (Å²) in [5.74, 6) is 1.06. The number of benzene rings is 3. The van der Waals surface area contributed by atoms with Crippen LogP contribution in [0.15, 0.2) is 60.7 Å². The molecule has 2 atom stereocenters. The van der Waals surface area contributed by atoms with Crippen LogP contribution in [0.1, 0.15) is 59.4 Å². The Morgan fingerprint density at radius 2 is 1.77 bits per heavy atom. The molecule has 0 aliphatic carbocycles. The third-order valence-electron chi connectivity index (χ3n) is 7.90. The van der Waals surface area contributed by atoms with E-state index in [2.05, 4.69) is 29.9 Å². The van der Waals surface area contributed by atoms with Gasteiger partial charge in [0.25, 0.3) is 5.91 Å². The molecule has 1 N–H and O–H groups in total. The minimum absolute atomic E-state index is 0.0839. The fourth-order valence-corrected chi connectivity index (χ4v) is 5.36. The first kappa shape index (κ1) is 32.9. The molecule has 7 nitrogen and oxygen atoms in total. The van der Waals surface area contributed by atoms with Crippen molar-refractivity contribution in [3.05, 3.63) is 93.6 Å². The molecule has 2 unspecified atom stereocenters. The van der Waals surface area contributed by atoms with Crippen LogP contribution in [0.5, 0.6) is 11.5 Å². The van der Waals surface area contributed by atoms with Gasteiger partial charge < -0.3 is 24.4 Å². The van der Waals surface area contributed by atoms with Crippen LogP contribution in [-0.4, -0.2) is 62.7 Å². The van der Waals surface area contributed by atoms with Gasteiger partial charge in [0.2, 0.25) is 0 Å². The Bertz CT molecular complexity index is 1500. The zero-order valence-corrected chi connectivity index (χ0v) is 25.9. The van der Waals surface area contributed by atoms with Crippen molar-refractivity contribution in [1.29, 1.82) is 0 Å². The fraction of sp³-hybridized carbons (Fsp3) is 0.389. The molecule has 44 heavy (non-hydrogen) atoms. The molecule has 0 spiro atoms. The molecule has 3 aromatic carbocycles. The van der Waals surface area contributed by atoms with E-state index in [-0.39, 0.29) is 23.6 Å². The van der Waals surface area contributed by atoms with Gasteiger partial charge in [0.1, 0.15) is 17.3 Å². The second-order valence-corrected chi connectivity index (χ2v) is 11.2. The molecular weight excluding hydrogens is 559 g/mol. The normalized spacial score (nSPS) is 15.9. The maximum Gasteiger partial charge on any atom is 0.251 e. The van der Waals surface area contributed by atoms with Crippen LogP contribution in [-0.2, 0) is 15.9 Å². The van der Waals surface area contributed by atoms with Gasteiger partial charge in [-0.25, -0.2) is 4.39 Å². The van der Waals surface area contributed by atoms with Crippen LogP contribution in [0.25, 0.3) is 12.8 Å². The van der Waals surface area contributed by atoms with Crippen molar-refractivity contribution in [3.8, 4) is 11.5 Å². The largest absolute Gasteiger partial charge is 0.457 e. The minimum Gasteiger partial charge on any atom is -0.457 e. The molecule has 0 bridgehead atoms. The summed E-state index contributed by atoms with van der Waals surface area (Å²) in [6.45, 7) is 11.2. The Kier molecular flexibility index (Phi) is 12.1. The van der Waals surface area contributed by atoms with Crippen LogP contribution >= 0.6 is 0 Å². The van der Waals surface area contributed by atoms with Crippen molar-refractivity contribution in [1.82, 2.24) is 10.2 Å². The van der Waals surface area contributed by atoms with Gasteiger partial charge in [-0.05, 0) is 84.1 Å². The first-order valence-corrected chi connectivity index (χ1v) is 15.3. The van der Waals surface area contributed by atoms with Crippen molar-refractivity contribution in [2.75, 3.05) is 40.0 Å². The summed E-state index contributed by atoms with van der Waals surface area (Å²) in [5, 5.41) is 4.82. The van der Waals surface area contributed by atoms with E-state index in [0.717, 1.165) is 35.4 Å². The molecule has 1 saturated heterocycles. The molecule has 1 heterocycles. The molecule has 0 aromatic heterocycles. The number of amides is 1. The number of ether oxygens (including phenoxy) is 3. The van der Waals surface area contributed by atoms with Gasteiger partial charge in [0, 0.05) is 49.1 Å². The van der Waals surface area contributed by atoms with Gasteiger partial charge in [0.05, 0.1) is 25.9 Å². The standard InChI is InChI=1S/C36H43FN2O5/c1-5-26(8-18-35(40)27-9-13-29(14-10-27)44-30-15-11-28(37)12-16-30)22-39(4)23-34-25(3)7-17-33(32(34)6-2)36(41)38-21-31-24-42-19-20-43-31/h7,9-17,23,26,31H,3,5-6,8,18-22,24H2,1-2,4H3,(H,38,41)/b34-23+. The van der Waals surface area contributed by atoms with Gasteiger partial charge in [-0.3, -0.25) is 9.59 Å². The number of nitrogens with zero attached hydrogens (tertiary/aromatic N) is 1. The Balaban J connectivity index is 1.35. The summed E-state index contributed by atoms with van der Waals surface area (Å²) >= 11 is 0. The lowest BCUT2D eigenvalue weighted by Gasteiger charge is -2.23. The number of nitrogens with one attached hydrogen (secondary N) is 1. The second-order valence-electron chi connectivity index (χ2n) is 11.2. The van der Waals surface area contributed by atoms with E-state index in [4.69, 9.17) is 14.2 Å². The highest BCUT2D eigenvalue weighted by Crippen LogP contribution is 2.23. The number of carbonyl (C=O) groups is 2. The maximum atomic E-state index is 13.1. The first-order valence-electron chi connectivity index (χ1n) is 15.3. The van der Waals surface area contributed by atoms with Crippen LogP contribution in [0.3, 0.4) is 0 Å². The summed E-state index contributed by atoms with van der Waals surface area (Å²) in [7, 11) is 2.02. The van der Waals surface area contributed by atoms with Crippen molar-refractivity contribution in [3.63, 3.8) is 0 Å². The molecule has 4 rings (SSSR count). The van der Waals surface area contributed by atoms with Gasteiger partial charge in [0.15, 0.2) is 5.78 Å². The number of hydrogen-bond donors (Lipinski definition) is 1. The molecule has 0 radical (unpaired) electrons. The summed E-state index contributed by atoms with van der Waals surface area (Å²) in [5.41, 5.74) is 2.24. The number of hydrogen-bond acceptors (Lipinski definition) is 6. The zero-order chi connectivity index (χ0) is 31.5. The quantitative estimate of drug-likeness (QED) is 0.259. The van der Waals surface area contributed by atoms with Crippen molar-refractivity contribution < 1.29 is 28.2 Å². The Hall–Kier alpha value is -4.01. The summed E-state index contributed by atoms with van der Waals surface area (Å²) < 4.78 is 30.0. The van der Waals surface area contributed by atoms with Gasteiger partial charge in [-0.15, -0.1) is 0 Å². The monoisotopic (exact) mass is 602 g/mol. The number of ketones is 1. The number of rotatable bonds is 14. The maximum absolute atomic E-state index is 13.1. The fourth-order valence-electron chi connectivity index (χ4n) is 5.36. The minimum atomic E-state index is -0.322. The molecule has 1 aliphatic heterocycles. The highest BCUT2D eigenvalue weighted by Gasteiger charge is 2.18. The predicted molar refractivity (Wildman–Crippen MR) is 171 cm³/mol. The van der Waals surface area contributed by atoms with Crippen LogP contribution in [0, 0.1) is 11.7 Å². The van der Waals surface area contributed by atoms with Gasteiger partial charge in [-0.1, -0.05) is 32.9 Å². The highest BCUT2D eigenvalue weighted by atomic mass is 19.1. The molecule has 8 heteroatoms. The lowest BCUT2D eigenvalue weighted by atomic mass is 9.96. The van der Waals surface area contributed by atoms with Crippen LogP contribution in [0.2, 0.25) is 0 Å². The third kappa shape index (κ3) is 9.24. The zero-order valence-electron chi connectivity index (χ0n) is 25.9. The topological polar surface area (TPSA) is 77.1 Å². The molecular formula is C36H43FN2O5. The van der Waals surface area contributed by atoms with Crippen molar-refractivity contribution in [2.45, 2.75) is 45.6 Å². The van der Waals surface area contributed by atoms with E-state index in [9.17, 15) is 14.0 Å². The molecule has 234 valence electrons. The first-order chi connectivity index (χ1) is 21.3.